The van der Waals surface area contributed by atoms with E-state index in [-0.39, 0.29) is 6.61 Å². The number of aromatic nitrogens is 1. The van der Waals surface area contributed by atoms with Crippen molar-refractivity contribution in [3.05, 3.63) is 89.6 Å². The summed E-state index contributed by atoms with van der Waals surface area (Å²) in [5.74, 6) is 0.485. The molecule has 0 unspecified atom stereocenters. The molecule has 0 saturated carbocycles. The average Bonchev–Trinajstić information content (AvgIpc) is 2.75. The Morgan fingerprint density at radius 2 is 1.70 bits per heavy atom. The summed E-state index contributed by atoms with van der Waals surface area (Å²) >= 11 is 0. The number of likely N-dealkylation sites (tertiary alicyclic amines) is 1. The normalized spacial score (nSPS) is 17.7. The van der Waals surface area contributed by atoms with E-state index in [9.17, 15) is 5.11 Å². The molecule has 3 aromatic rings. The number of rotatable bonds is 5. The largest absolute Gasteiger partial charge is 0.392 e. The molecule has 0 aliphatic carbocycles. The van der Waals surface area contributed by atoms with Crippen molar-refractivity contribution in [2.75, 3.05) is 13.1 Å². The molecular weight excluding hydrogens is 332 g/mol. The molecule has 1 fully saturated rings. The summed E-state index contributed by atoms with van der Waals surface area (Å²) in [6.45, 7) is 3.31. The van der Waals surface area contributed by atoms with Crippen LogP contribution in [0.5, 0.6) is 0 Å². The van der Waals surface area contributed by atoms with Crippen molar-refractivity contribution < 1.29 is 5.11 Å². The highest BCUT2D eigenvalue weighted by Crippen LogP contribution is 2.28. The molecule has 0 spiro atoms. The number of nitrogens with zero attached hydrogens (tertiary/aromatic N) is 2. The molecule has 27 heavy (non-hydrogen) atoms. The summed E-state index contributed by atoms with van der Waals surface area (Å²) in [5, 5.41) is 9.22. The van der Waals surface area contributed by atoms with Crippen LogP contribution in [0.3, 0.4) is 0 Å². The first-order valence-electron chi connectivity index (χ1n) is 9.75. The van der Waals surface area contributed by atoms with Gasteiger partial charge in [-0.3, -0.25) is 9.88 Å². The van der Waals surface area contributed by atoms with Gasteiger partial charge in [0.15, 0.2) is 0 Å². The summed E-state index contributed by atoms with van der Waals surface area (Å²) < 4.78 is 0. The van der Waals surface area contributed by atoms with Crippen LogP contribution in [0.15, 0.2) is 72.8 Å². The van der Waals surface area contributed by atoms with Crippen molar-refractivity contribution in [1.29, 1.82) is 0 Å². The summed E-state index contributed by atoms with van der Waals surface area (Å²) in [6, 6.07) is 25.1. The van der Waals surface area contributed by atoms with Crippen LogP contribution in [0, 0.1) is 0 Å². The van der Waals surface area contributed by atoms with E-state index in [2.05, 4.69) is 53.4 Å². The SMILES string of the molecule is OCc1ccc(-c2cccc([C@@H]3CCCN(Cc4ccccc4)C3)n2)cc1. The second kappa shape index (κ2) is 8.47. The third-order valence-electron chi connectivity index (χ3n) is 5.38. The minimum atomic E-state index is 0.0765. The van der Waals surface area contributed by atoms with Crippen LogP contribution in [-0.2, 0) is 13.2 Å². The number of hydrogen-bond donors (Lipinski definition) is 1. The smallest absolute Gasteiger partial charge is 0.0705 e. The molecule has 2 heterocycles. The van der Waals surface area contributed by atoms with Gasteiger partial charge in [0.2, 0.25) is 0 Å². The lowest BCUT2D eigenvalue weighted by Gasteiger charge is -2.32. The van der Waals surface area contributed by atoms with Gasteiger partial charge < -0.3 is 5.11 Å². The molecule has 1 aliphatic rings. The lowest BCUT2D eigenvalue weighted by Crippen LogP contribution is -2.34. The minimum absolute atomic E-state index is 0.0765. The van der Waals surface area contributed by atoms with Gasteiger partial charge in [-0.2, -0.15) is 0 Å². The number of benzene rings is 2. The van der Waals surface area contributed by atoms with Gasteiger partial charge in [-0.1, -0.05) is 60.7 Å². The van der Waals surface area contributed by atoms with Crippen molar-refractivity contribution in [2.24, 2.45) is 0 Å². The zero-order valence-corrected chi connectivity index (χ0v) is 15.6. The van der Waals surface area contributed by atoms with Crippen molar-refractivity contribution >= 4 is 0 Å². The molecule has 3 heteroatoms. The van der Waals surface area contributed by atoms with E-state index in [0.717, 1.165) is 36.5 Å². The highest BCUT2D eigenvalue weighted by molar-refractivity contribution is 5.59. The molecule has 1 atom stereocenters. The maximum absolute atomic E-state index is 9.22. The molecule has 2 aromatic carbocycles. The number of aliphatic hydroxyl groups excluding tert-OH is 1. The van der Waals surface area contributed by atoms with Crippen molar-refractivity contribution in [1.82, 2.24) is 9.88 Å². The third-order valence-corrected chi connectivity index (χ3v) is 5.38. The molecule has 4 rings (SSSR count). The highest BCUT2D eigenvalue weighted by Gasteiger charge is 2.22. The second-order valence-electron chi connectivity index (χ2n) is 7.36. The van der Waals surface area contributed by atoms with E-state index in [0.29, 0.717) is 5.92 Å². The van der Waals surface area contributed by atoms with E-state index in [1.54, 1.807) is 0 Å². The van der Waals surface area contributed by atoms with Gasteiger partial charge in [-0.15, -0.1) is 0 Å². The molecule has 1 aromatic heterocycles. The molecule has 0 bridgehead atoms. The van der Waals surface area contributed by atoms with Gasteiger partial charge in [0, 0.05) is 30.3 Å². The van der Waals surface area contributed by atoms with E-state index in [1.807, 2.05) is 24.3 Å². The van der Waals surface area contributed by atoms with E-state index >= 15 is 0 Å². The summed E-state index contributed by atoms with van der Waals surface area (Å²) in [6.07, 6.45) is 2.42. The standard InChI is InChI=1S/C24H26N2O/c27-18-20-11-13-21(14-12-20)23-9-4-10-24(25-23)22-8-5-15-26(17-22)16-19-6-2-1-3-7-19/h1-4,6-7,9-14,22,27H,5,8,15-18H2/t22-/m1/s1. The van der Waals surface area contributed by atoms with Crippen LogP contribution in [0.25, 0.3) is 11.3 Å². The van der Waals surface area contributed by atoms with Gasteiger partial charge in [0.1, 0.15) is 0 Å². The lowest BCUT2D eigenvalue weighted by atomic mass is 9.93. The number of hydrogen-bond acceptors (Lipinski definition) is 3. The van der Waals surface area contributed by atoms with Crippen LogP contribution in [0.4, 0.5) is 0 Å². The van der Waals surface area contributed by atoms with Gasteiger partial charge in [0.05, 0.1) is 12.3 Å². The van der Waals surface area contributed by atoms with E-state index in [4.69, 9.17) is 4.98 Å². The van der Waals surface area contributed by atoms with Gasteiger partial charge in [0.25, 0.3) is 0 Å². The topological polar surface area (TPSA) is 36.4 Å². The fourth-order valence-corrected chi connectivity index (χ4v) is 3.90. The van der Waals surface area contributed by atoms with Crippen LogP contribution >= 0.6 is 0 Å². The highest BCUT2D eigenvalue weighted by atomic mass is 16.3. The Bertz CT molecular complexity index is 861. The zero-order chi connectivity index (χ0) is 18.5. The number of piperidine rings is 1. The molecule has 0 amide bonds. The van der Waals surface area contributed by atoms with Gasteiger partial charge in [-0.25, -0.2) is 0 Å². The molecule has 1 saturated heterocycles. The first-order valence-corrected chi connectivity index (χ1v) is 9.75. The maximum atomic E-state index is 9.22. The van der Waals surface area contributed by atoms with Crippen LogP contribution in [0.1, 0.15) is 35.6 Å². The molecule has 0 radical (unpaired) electrons. The summed E-state index contributed by atoms with van der Waals surface area (Å²) in [5.41, 5.74) is 5.61. The third kappa shape index (κ3) is 4.44. The average molecular weight is 358 g/mol. The minimum Gasteiger partial charge on any atom is -0.392 e. The molecule has 1 N–H and O–H groups in total. The van der Waals surface area contributed by atoms with Crippen LogP contribution in [0.2, 0.25) is 0 Å². The lowest BCUT2D eigenvalue weighted by molar-refractivity contribution is 0.198. The Balaban J connectivity index is 1.49. The summed E-state index contributed by atoms with van der Waals surface area (Å²) in [7, 11) is 0. The van der Waals surface area contributed by atoms with E-state index < -0.39 is 0 Å². The fourth-order valence-electron chi connectivity index (χ4n) is 3.90. The van der Waals surface area contributed by atoms with Crippen LogP contribution < -0.4 is 0 Å². The summed E-state index contributed by atoms with van der Waals surface area (Å²) in [4.78, 5) is 7.52. The molecule has 1 aliphatic heterocycles. The fraction of sp³-hybridized carbons (Fsp3) is 0.292. The first kappa shape index (κ1) is 17.9. The molecule has 138 valence electrons. The predicted molar refractivity (Wildman–Crippen MR) is 109 cm³/mol. The quantitative estimate of drug-likeness (QED) is 0.723. The molecule has 3 nitrogen and oxygen atoms in total. The Morgan fingerprint density at radius 3 is 2.48 bits per heavy atom. The van der Waals surface area contributed by atoms with Crippen molar-refractivity contribution in [3.8, 4) is 11.3 Å². The second-order valence-corrected chi connectivity index (χ2v) is 7.36. The number of pyridine rings is 1. The van der Waals surface area contributed by atoms with Gasteiger partial charge in [-0.05, 0) is 42.6 Å². The van der Waals surface area contributed by atoms with Crippen molar-refractivity contribution in [3.63, 3.8) is 0 Å². The van der Waals surface area contributed by atoms with Gasteiger partial charge >= 0.3 is 0 Å². The Kier molecular flexibility index (Phi) is 5.61. The first-order chi connectivity index (χ1) is 13.3. The maximum Gasteiger partial charge on any atom is 0.0705 e. The Morgan fingerprint density at radius 1 is 0.889 bits per heavy atom. The van der Waals surface area contributed by atoms with Crippen LogP contribution in [-0.4, -0.2) is 28.1 Å². The monoisotopic (exact) mass is 358 g/mol. The predicted octanol–water partition coefficient (Wildman–Crippen LogP) is 4.62. The molecular formula is C24H26N2O. The zero-order valence-electron chi connectivity index (χ0n) is 15.6. The van der Waals surface area contributed by atoms with E-state index in [1.165, 1.54) is 24.1 Å². The Labute approximate surface area is 161 Å². The Hall–Kier alpha value is -2.49. The number of aliphatic hydroxyl groups is 1. The van der Waals surface area contributed by atoms with Crippen molar-refractivity contribution in [2.45, 2.75) is 31.9 Å².